The number of aryl methyl sites for hydroxylation is 1. The minimum absolute atomic E-state index is 0.534. The maximum atomic E-state index is 8.73. The SMILES string of the molecule is COc1ccc2c(c1)nc1n2CCCN1CCC#N. The quantitative estimate of drug-likeness (QED) is 0.844. The molecular weight excluding hydrogens is 240 g/mol. The topological polar surface area (TPSA) is 54.1 Å². The van der Waals surface area contributed by atoms with Gasteiger partial charge in [-0.1, -0.05) is 0 Å². The second kappa shape index (κ2) is 4.81. The number of rotatable bonds is 3. The molecule has 0 unspecified atom stereocenters. The van der Waals surface area contributed by atoms with Crippen molar-refractivity contribution in [2.24, 2.45) is 0 Å². The summed E-state index contributed by atoms with van der Waals surface area (Å²) in [4.78, 5) is 6.89. The van der Waals surface area contributed by atoms with Gasteiger partial charge < -0.3 is 14.2 Å². The number of nitrogens with zero attached hydrogens (tertiary/aromatic N) is 4. The fourth-order valence-electron chi connectivity index (χ4n) is 2.60. The zero-order chi connectivity index (χ0) is 13.2. The van der Waals surface area contributed by atoms with E-state index in [-0.39, 0.29) is 0 Å². The summed E-state index contributed by atoms with van der Waals surface area (Å²) in [6, 6.07) is 8.18. The van der Waals surface area contributed by atoms with Gasteiger partial charge in [-0.25, -0.2) is 4.98 Å². The van der Waals surface area contributed by atoms with E-state index in [2.05, 4.69) is 21.6 Å². The van der Waals surface area contributed by atoms with Gasteiger partial charge in [0.05, 0.1) is 30.6 Å². The third-order valence-corrected chi connectivity index (χ3v) is 3.52. The monoisotopic (exact) mass is 256 g/mol. The Labute approximate surface area is 112 Å². The van der Waals surface area contributed by atoms with Crippen molar-refractivity contribution in [3.05, 3.63) is 18.2 Å². The van der Waals surface area contributed by atoms with Crippen molar-refractivity contribution in [1.29, 1.82) is 5.26 Å². The molecule has 5 nitrogen and oxygen atoms in total. The van der Waals surface area contributed by atoms with Gasteiger partial charge >= 0.3 is 0 Å². The van der Waals surface area contributed by atoms with Gasteiger partial charge in [-0.2, -0.15) is 5.26 Å². The standard InChI is InChI=1S/C14H16N4O/c1-19-11-4-5-13-12(10-11)16-14-17(7-2-6-15)8-3-9-18(13)14/h4-5,10H,2-3,7-9H2,1H3. The van der Waals surface area contributed by atoms with E-state index < -0.39 is 0 Å². The van der Waals surface area contributed by atoms with Crippen LogP contribution in [0.5, 0.6) is 5.75 Å². The molecule has 1 aliphatic heterocycles. The normalized spacial score (nSPS) is 14.2. The van der Waals surface area contributed by atoms with Crippen LogP contribution in [-0.2, 0) is 6.54 Å². The van der Waals surface area contributed by atoms with E-state index in [1.807, 2.05) is 12.1 Å². The summed E-state index contributed by atoms with van der Waals surface area (Å²) >= 11 is 0. The van der Waals surface area contributed by atoms with Crippen LogP contribution >= 0.6 is 0 Å². The van der Waals surface area contributed by atoms with E-state index in [0.717, 1.165) is 48.8 Å². The van der Waals surface area contributed by atoms with Crippen molar-refractivity contribution in [3.8, 4) is 11.8 Å². The number of anilines is 1. The molecule has 0 atom stereocenters. The van der Waals surface area contributed by atoms with Crippen LogP contribution in [0.25, 0.3) is 11.0 Å². The Morgan fingerprint density at radius 2 is 2.32 bits per heavy atom. The van der Waals surface area contributed by atoms with Crippen molar-refractivity contribution in [3.63, 3.8) is 0 Å². The minimum Gasteiger partial charge on any atom is -0.497 e. The van der Waals surface area contributed by atoms with Gasteiger partial charge in [-0.3, -0.25) is 0 Å². The van der Waals surface area contributed by atoms with Crippen LogP contribution in [0.1, 0.15) is 12.8 Å². The van der Waals surface area contributed by atoms with Gasteiger partial charge in [0.15, 0.2) is 0 Å². The number of hydrogen-bond donors (Lipinski definition) is 0. The molecule has 1 aromatic carbocycles. The number of aromatic nitrogens is 2. The maximum Gasteiger partial charge on any atom is 0.206 e. The van der Waals surface area contributed by atoms with Crippen molar-refractivity contribution in [2.45, 2.75) is 19.4 Å². The van der Waals surface area contributed by atoms with E-state index in [1.54, 1.807) is 7.11 Å². The molecule has 0 saturated heterocycles. The Morgan fingerprint density at radius 3 is 3.11 bits per heavy atom. The Bertz CT molecular complexity index is 641. The molecule has 2 aromatic rings. The lowest BCUT2D eigenvalue weighted by Gasteiger charge is -2.28. The fraction of sp³-hybridized carbons (Fsp3) is 0.429. The van der Waals surface area contributed by atoms with Gasteiger partial charge in [-0.05, 0) is 18.6 Å². The molecule has 3 rings (SSSR count). The summed E-state index contributed by atoms with van der Waals surface area (Å²) in [5.41, 5.74) is 2.09. The minimum atomic E-state index is 0.534. The van der Waals surface area contributed by atoms with Crippen LogP contribution < -0.4 is 9.64 Å². The van der Waals surface area contributed by atoms with Crippen LogP contribution in [0.3, 0.4) is 0 Å². The first-order valence-electron chi connectivity index (χ1n) is 6.49. The summed E-state index contributed by atoms with van der Waals surface area (Å²) in [5, 5.41) is 8.73. The number of hydrogen-bond acceptors (Lipinski definition) is 4. The average Bonchev–Trinajstić information content (AvgIpc) is 2.83. The smallest absolute Gasteiger partial charge is 0.206 e. The third-order valence-electron chi connectivity index (χ3n) is 3.52. The van der Waals surface area contributed by atoms with Crippen molar-refractivity contribution >= 4 is 17.0 Å². The number of imidazole rings is 1. The molecule has 0 amide bonds. The summed E-state index contributed by atoms with van der Waals surface area (Å²) < 4.78 is 7.47. The molecule has 1 aliphatic rings. The molecule has 0 saturated carbocycles. The third kappa shape index (κ3) is 1.99. The lowest BCUT2D eigenvalue weighted by atomic mass is 10.2. The van der Waals surface area contributed by atoms with Crippen molar-refractivity contribution in [2.75, 3.05) is 25.1 Å². The zero-order valence-electron chi connectivity index (χ0n) is 11.0. The predicted molar refractivity (Wildman–Crippen MR) is 73.3 cm³/mol. The van der Waals surface area contributed by atoms with Crippen LogP contribution in [0.15, 0.2) is 18.2 Å². The van der Waals surface area contributed by atoms with E-state index in [4.69, 9.17) is 15.0 Å². The molecule has 98 valence electrons. The second-order valence-corrected chi connectivity index (χ2v) is 4.67. The molecule has 19 heavy (non-hydrogen) atoms. The molecule has 0 aliphatic carbocycles. The fourth-order valence-corrected chi connectivity index (χ4v) is 2.60. The summed E-state index contributed by atoms with van der Waals surface area (Å²) in [6.45, 7) is 2.71. The van der Waals surface area contributed by atoms with Gasteiger partial charge in [0.1, 0.15) is 5.75 Å². The van der Waals surface area contributed by atoms with Crippen LogP contribution in [0.2, 0.25) is 0 Å². The highest BCUT2D eigenvalue weighted by Crippen LogP contribution is 2.28. The Morgan fingerprint density at radius 1 is 1.42 bits per heavy atom. The zero-order valence-corrected chi connectivity index (χ0v) is 11.0. The molecule has 0 N–H and O–H groups in total. The molecule has 0 bridgehead atoms. The number of nitriles is 1. The largest absolute Gasteiger partial charge is 0.497 e. The van der Waals surface area contributed by atoms with Gasteiger partial charge in [-0.15, -0.1) is 0 Å². The summed E-state index contributed by atoms with van der Waals surface area (Å²) in [7, 11) is 1.66. The lowest BCUT2D eigenvalue weighted by Crippen LogP contribution is -2.33. The van der Waals surface area contributed by atoms with E-state index >= 15 is 0 Å². The first-order valence-corrected chi connectivity index (χ1v) is 6.49. The molecule has 0 spiro atoms. The van der Waals surface area contributed by atoms with Gasteiger partial charge in [0, 0.05) is 25.7 Å². The first kappa shape index (κ1) is 11.8. The summed E-state index contributed by atoms with van der Waals surface area (Å²) in [5.74, 6) is 1.80. The Kier molecular flexibility index (Phi) is 3.00. The highest BCUT2D eigenvalue weighted by molar-refractivity contribution is 5.80. The Balaban J connectivity index is 2.04. The molecule has 1 aromatic heterocycles. The van der Waals surface area contributed by atoms with Gasteiger partial charge in [0.25, 0.3) is 0 Å². The number of fused-ring (bicyclic) bond motifs is 3. The molecule has 2 heterocycles. The number of methoxy groups -OCH3 is 1. The molecule has 5 heteroatoms. The van der Waals surface area contributed by atoms with Crippen LogP contribution in [0, 0.1) is 11.3 Å². The Hall–Kier alpha value is -2.22. The average molecular weight is 256 g/mol. The lowest BCUT2D eigenvalue weighted by molar-refractivity contribution is 0.415. The van der Waals surface area contributed by atoms with Crippen molar-refractivity contribution in [1.82, 2.24) is 9.55 Å². The van der Waals surface area contributed by atoms with E-state index in [9.17, 15) is 0 Å². The summed E-state index contributed by atoms with van der Waals surface area (Å²) in [6.07, 6.45) is 1.63. The number of ether oxygens (including phenoxy) is 1. The molecule has 0 radical (unpaired) electrons. The van der Waals surface area contributed by atoms with Crippen molar-refractivity contribution < 1.29 is 4.74 Å². The van der Waals surface area contributed by atoms with E-state index in [0.29, 0.717) is 6.42 Å². The van der Waals surface area contributed by atoms with E-state index in [1.165, 1.54) is 0 Å². The number of benzene rings is 1. The highest BCUT2D eigenvalue weighted by atomic mass is 16.5. The first-order chi connectivity index (χ1) is 9.33. The van der Waals surface area contributed by atoms with Crippen LogP contribution in [0.4, 0.5) is 5.95 Å². The maximum absolute atomic E-state index is 8.73. The molecule has 0 fully saturated rings. The molecular formula is C14H16N4O. The second-order valence-electron chi connectivity index (χ2n) is 4.67. The van der Waals surface area contributed by atoms with Gasteiger partial charge in [0.2, 0.25) is 5.95 Å². The predicted octanol–water partition coefficient (Wildman–Crippen LogP) is 2.17. The van der Waals surface area contributed by atoms with Crippen LogP contribution in [-0.4, -0.2) is 29.8 Å². The highest BCUT2D eigenvalue weighted by Gasteiger charge is 2.20.